The largest absolute Gasteiger partial charge is 0.353 e. The number of hydrogen-bond acceptors (Lipinski definition) is 6. The number of nitrogens with zero attached hydrogens (tertiary/aromatic N) is 4. The maximum atomic E-state index is 12.4. The van der Waals surface area contributed by atoms with Crippen molar-refractivity contribution < 1.29 is 14.4 Å². The van der Waals surface area contributed by atoms with Gasteiger partial charge in [-0.25, -0.2) is 9.78 Å². The highest BCUT2D eigenvalue weighted by Crippen LogP contribution is 2.42. The van der Waals surface area contributed by atoms with Gasteiger partial charge < -0.3 is 15.1 Å². The Hall–Kier alpha value is -2.71. The van der Waals surface area contributed by atoms with Gasteiger partial charge in [0.1, 0.15) is 18.9 Å². The number of urea groups is 1. The fourth-order valence-corrected chi connectivity index (χ4v) is 3.90. The van der Waals surface area contributed by atoms with Gasteiger partial charge in [-0.15, -0.1) is 0 Å². The Morgan fingerprint density at radius 2 is 2.04 bits per heavy atom. The van der Waals surface area contributed by atoms with Crippen molar-refractivity contribution in [1.82, 2.24) is 25.5 Å². The smallest absolute Gasteiger partial charge is 0.325 e. The van der Waals surface area contributed by atoms with E-state index in [1.807, 2.05) is 6.92 Å². The van der Waals surface area contributed by atoms with Gasteiger partial charge in [-0.05, 0) is 25.7 Å². The topological polar surface area (TPSA) is 108 Å². The SMILES string of the molecule is Cc1nccnc1N1C[C@H](NC(=O)CN2CC(=O)NC2=O)[C@@H](C2CC2)C1. The van der Waals surface area contributed by atoms with Gasteiger partial charge in [0.15, 0.2) is 0 Å². The molecule has 0 spiro atoms. The Kier molecular flexibility index (Phi) is 4.21. The van der Waals surface area contributed by atoms with Crippen molar-refractivity contribution in [1.29, 1.82) is 0 Å². The zero-order valence-electron chi connectivity index (χ0n) is 14.6. The number of aromatic nitrogens is 2. The Bertz CT molecular complexity index is 750. The molecule has 138 valence electrons. The summed E-state index contributed by atoms with van der Waals surface area (Å²) in [6.07, 6.45) is 5.74. The van der Waals surface area contributed by atoms with Crippen LogP contribution in [-0.2, 0) is 9.59 Å². The second-order valence-electron chi connectivity index (χ2n) is 7.26. The van der Waals surface area contributed by atoms with E-state index < -0.39 is 6.03 Å². The van der Waals surface area contributed by atoms with Crippen molar-refractivity contribution in [3.05, 3.63) is 18.1 Å². The zero-order valence-corrected chi connectivity index (χ0v) is 14.6. The number of carbonyl (C=O) groups is 3. The molecule has 0 aromatic carbocycles. The van der Waals surface area contributed by atoms with Crippen LogP contribution in [0.5, 0.6) is 0 Å². The van der Waals surface area contributed by atoms with Crippen LogP contribution in [-0.4, -0.2) is 64.9 Å². The Morgan fingerprint density at radius 3 is 2.69 bits per heavy atom. The molecule has 1 aromatic heterocycles. The molecule has 1 saturated carbocycles. The summed E-state index contributed by atoms with van der Waals surface area (Å²) in [4.78, 5) is 47.4. The summed E-state index contributed by atoms with van der Waals surface area (Å²) in [7, 11) is 0. The third-order valence-electron chi connectivity index (χ3n) is 5.30. The molecular formula is C17H22N6O3. The molecule has 2 atom stereocenters. The van der Waals surface area contributed by atoms with Crippen molar-refractivity contribution in [3.8, 4) is 0 Å². The number of carbonyl (C=O) groups excluding carboxylic acids is 3. The second kappa shape index (κ2) is 6.54. The molecule has 0 unspecified atom stereocenters. The molecule has 4 rings (SSSR count). The van der Waals surface area contributed by atoms with E-state index in [1.165, 1.54) is 17.7 Å². The molecule has 0 bridgehead atoms. The Balaban J connectivity index is 1.41. The van der Waals surface area contributed by atoms with Crippen molar-refractivity contribution in [2.75, 3.05) is 31.1 Å². The van der Waals surface area contributed by atoms with Crippen molar-refractivity contribution in [2.45, 2.75) is 25.8 Å². The first-order chi connectivity index (χ1) is 12.5. The van der Waals surface area contributed by atoms with Gasteiger partial charge in [0.05, 0.1) is 11.7 Å². The van der Waals surface area contributed by atoms with Crippen LogP contribution in [0.4, 0.5) is 10.6 Å². The Labute approximate surface area is 151 Å². The Morgan fingerprint density at radius 1 is 1.27 bits per heavy atom. The minimum atomic E-state index is -0.507. The van der Waals surface area contributed by atoms with Gasteiger partial charge in [-0.2, -0.15) is 0 Å². The minimum Gasteiger partial charge on any atom is -0.353 e. The molecule has 3 aliphatic rings. The van der Waals surface area contributed by atoms with Crippen LogP contribution < -0.4 is 15.5 Å². The normalized spacial score (nSPS) is 25.6. The summed E-state index contributed by atoms with van der Waals surface area (Å²) in [5.74, 6) is 1.25. The van der Waals surface area contributed by atoms with Gasteiger partial charge in [0.2, 0.25) is 11.8 Å². The number of aryl methyl sites for hydroxylation is 1. The highest BCUT2D eigenvalue weighted by atomic mass is 16.2. The van der Waals surface area contributed by atoms with Crippen LogP contribution in [0.2, 0.25) is 0 Å². The molecule has 9 heteroatoms. The average molecular weight is 358 g/mol. The molecule has 1 aromatic rings. The average Bonchev–Trinajstić information content (AvgIpc) is 3.28. The van der Waals surface area contributed by atoms with E-state index >= 15 is 0 Å². The van der Waals surface area contributed by atoms with Gasteiger partial charge in [-0.1, -0.05) is 0 Å². The van der Waals surface area contributed by atoms with E-state index in [-0.39, 0.29) is 30.9 Å². The minimum absolute atomic E-state index is 0.0118. The molecule has 26 heavy (non-hydrogen) atoms. The van der Waals surface area contributed by atoms with E-state index in [2.05, 4.69) is 25.5 Å². The van der Waals surface area contributed by atoms with Crippen molar-refractivity contribution in [2.24, 2.45) is 11.8 Å². The third kappa shape index (κ3) is 3.33. The van der Waals surface area contributed by atoms with Crippen LogP contribution in [0.25, 0.3) is 0 Å². The number of hydrogen-bond donors (Lipinski definition) is 2. The fraction of sp³-hybridized carbons (Fsp3) is 0.588. The van der Waals surface area contributed by atoms with Gasteiger partial charge in [0, 0.05) is 31.4 Å². The lowest BCUT2D eigenvalue weighted by molar-refractivity contribution is -0.122. The monoisotopic (exact) mass is 358 g/mol. The molecule has 3 heterocycles. The first-order valence-electron chi connectivity index (χ1n) is 8.92. The van der Waals surface area contributed by atoms with Crippen molar-refractivity contribution >= 4 is 23.7 Å². The molecule has 1 aliphatic carbocycles. The summed E-state index contributed by atoms with van der Waals surface area (Å²) in [6.45, 7) is 3.29. The zero-order chi connectivity index (χ0) is 18.3. The molecule has 9 nitrogen and oxygen atoms in total. The summed E-state index contributed by atoms with van der Waals surface area (Å²) < 4.78 is 0. The van der Waals surface area contributed by atoms with Gasteiger partial charge in [0.25, 0.3) is 0 Å². The van der Waals surface area contributed by atoms with E-state index in [0.29, 0.717) is 18.4 Å². The maximum Gasteiger partial charge on any atom is 0.325 e. The lowest BCUT2D eigenvalue weighted by Crippen LogP contribution is -2.46. The number of rotatable bonds is 5. The first kappa shape index (κ1) is 16.7. The van der Waals surface area contributed by atoms with Crippen LogP contribution in [0.1, 0.15) is 18.5 Å². The molecule has 3 fully saturated rings. The predicted molar refractivity (Wildman–Crippen MR) is 92.2 cm³/mol. The van der Waals surface area contributed by atoms with Crippen LogP contribution >= 0.6 is 0 Å². The van der Waals surface area contributed by atoms with E-state index in [9.17, 15) is 14.4 Å². The number of nitrogens with one attached hydrogen (secondary N) is 2. The van der Waals surface area contributed by atoms with Crippen LogP contribution in [0, 0.1) is 18.8 Å². The highest BCUT2D eigenvalue weighted by Gasteiger charge is 2.44. The molecular weight excluding hydrogens is 336 g/mol. The third-order valence-corrected chi connectivity index (χ3v) is 5.30. The highest BCUT2D eigenvalue weighted by molar-refractivity contribution is 6.03. The summed E-state index contributed by atoms with van der Waals surface area (Å²) in [6, 6.07) is -0.495. The number of imide groups is 1. The second-order valence-corrected chi connectivity index (χ2v) is 7.26. The van der Waals surface area contributed by atoms with Gasteiger partial charge >= 0.3 is 6.03 Å². The van der Waals surface area contributed by atoms with E-state index in [4.69, 9.17) is 0 Å². The predicted octanol–water partition coefficient (Wildman–Crippen LogP) is -0.332. The van der Waals surface area contributed by atoms with E-state index in [0.717, 1.165) is 18.1 Å². The molecule has 2 saturated heterocycles. The van der Waals surface area contributed by atoms with Crippen molar-refractivity contribution in [3.63, 3.8) is 0 Å². The quantitative estimate of drug-likeness (QED) is 0.698. The standard InChI is InChI=1S/C17H22N6O3/c1-10-16(19-5-4-18-10)22-6-12(11-2-3-11)13(7-22)20-14(24)8-23-9-15(25)21-17(23)26/h4-5,11-13H,2-3,6-9H2,1H3,(H,20,24)(H,21,25,26)/t12-,13+/m1/s1. The molecule has 4 amide bonds. The molecule has 0 radical (unpaired) electrons. The van der Waals surface area contributed by atoms with E-state index in [1.54, 1.807) is 12.4 Å². The lowest BCUT2D eigenvalue weighted by atomic mass is 9.98. The van der Waals surface area contributed by atoms with Crippen LogP contribution in [0.15, 0.2) is 12.4 Å². The van der Waals surface area contributed by atoms with Gasteiger partial charge in [-0.3, -0.25) is 19.9 Å². The summed E-state index contributed by atoms with van der Waals surface area (Å²) in [5.41, 5.74) is 0.876. The summed E-state index contributed by atoms with van der Waals surface area (Å²) >= 11 is 0. The lowest BCUT2D eigenvalue weighted by Gasteiger charge is -2.21. The summed E-state index contributed by atoms with van der Waals surface area (Å²) in [5, 5.41) is 5.25. The molecule has 2 aliphatic heterocycles. The fourth-order valence-electron chi connectivity index (χ4n) is 3.90. The van der Waals surface area contributed by atoms with Crippen LogP contribution in [0.3, 0.4) is 0 Å². The number of amides is 4. The first-order valence-corrected chi connectivity index (χ1v) is 8.92. The maximum absolute atomic E-state index is 12.4. The molecule has 2 N–H and O–H groups in total. The number of anilines is 1.